The number of aryl methyl sites for hydroxylation is 1. The lowest BCUT2D eigenvalue weighted by Gasteiger charge is -2.37. The van der Waals surface area contributed by atoms with Crippen molar-refractivity contribution in [1.29, 1.82) is 0 Å². The van der Waals surface area contributed by atoms with Gasteiger partial charge in [-0.25, -0.2) is 4.79 Å². The van der Waals surface area contributed by atoms with Gasteiger partial charge in [-0.15, -0.1) is 0 Å². The lowest BCUT2D eigenvalue weighted by Crippen LogP contribution is -2.50. The first-order chi connectivity index (χ1) is 14.5. The largest absolute Gasteiger partial charge is 0.399 e. The maximum Gasteiger partial charge on any atom is 0.321 e. The summed E-state index contributed by atoms with van der Waals surface area (Å²) in [5, 5.41) is 2.96. The Balaban J connectivity index is 1.42. The number of carbonyl (C=O) groups excluding carboxylic acids is 2. The number of urea groups is 1. The Morgan fingerprint density at radius 2 is 1.53 bits per heavy atom. The normalized spacial score (nSPS) is 16.6. The smallest absolute Gasteiger partial charge is 0.321 e. The highest BCUT2D eigenvalue weighted by Gasteiger charge is 2.27. The van der Waals surface area contributed by atoms with Crippen molar-refractivity contribution in [1.82, 2.24) is 9.80 Å². The third-order valence-corrected chi connectivity index (χ3v) is 5.85. The van der Waals surface area contributed by atoms with Gasteiger partial charge in [0.1, 0.15) is 0 Å². The van der Waals surface area contributed by atoms with Gasteiger partial charge >= 0.3 is 6.03 Å². The fraction of sp³-hybridized carbons (Fsp3) is 0.391. The van der Waals surface area contributed by atoms with E-state index >= 15 is 0 Å². The number of anilines is 3. The third-order valence-electron chi connectivity index (χ3n) is 5.85. The molecule has 2 heterocycles. The molecular formula is C23H29N5O2. The second kappa shape index (κ2) is 8.65. The maximum absolute atomic E-state index is 13.0. The number of likely N-dealkylation sites (tertiary alicyclic amines) is 1. The Hall–Kier alpha value is -3.22. The van der Waals surface area contributed by atoms with E-state index in [1.165, 1.54) is 0 Å². The standard InChI is InChI=1S/C23H29N5O2/c1-17-4-7-19(8-5-17)25-23(30)28-14-12-26(13-15-28)21-9-6-18(24)16-20(21)22(29)27-10-2-3-11-27/h4-9,16H,2-3,10-15,24H2,1H3,(H,25,30). The Kier molecular flexibility index (Phi) is 5.79. The zero-order valence-corrected chi connectivity index (χ0v) is 17.4. The molecule has 0 radical (unpaired) electrons. The van der Waals surface area contributed by atoms with Crippen molar-refractivity contribution in [2.75, 3.05) is 55.2 Å². The van der Waals surface area contributed by atoms with Gasteiger partial charge in [0.25, 0.3) is 5.91 Å². The van der Waals surface area contributed by atoms with Gasteiger partial charge in [0.2, 0.25) is 0 Å². The van der Waals surface area contributed by atoms with E-state index in [9.17, 15) is 9.59 Å². The van der Waals surface area contributed by atoms with Crippen LogP contribution in [-0.4, -0.2) is 61.0 Å². The lowest BCUT2D eigenvalue weighted by atomic mass is 10.1. The van der Waals surface area contributed by atoms with Gasteiger partial charge in [-0.1, -0.05) is 17.7 Å². The SMILES string of the molecule is Cc1ccc(NC(=O)N2CCN(c3ccc(N)cc3C(=O)N3CCCC3)CC2)cc1. The molecular weight excluding hydrogens is 378 g/mol. The Labute approximate surface area is 177 Å². The van der Waals surface area contributed by atoms with E-state index in [1.54, 1.807) is 6.07 Å². The van der Waals surface area contributed by atoms with Crippen LogP contribution in [0.5, 0.6) is 0 Å². The lowest BCUT2D eigenvalue weighted by molar-refractivity contribution is 0.0793. The molecule has 0 aliphatic carbocycles. The van der Waals surface area contributed by atoms with Crippen LogP contribution < -0.4 is 16.0 Å². The fourth-order valence-electron chi connectivity index (χ4n) is 4.08. The predicted molar refractivity (Wildman–Crippen MR) is 120 cm³/mol. The molecule has 0 aromatic heterocycles. The van der Waals surface area contributed by atoms with Crippen molar-refractivity contribution in [3.8, 4) is 0 Å². The molecule has 4 rings (SSSR count). The number of benzene rings is 2. The van der Waals surface area contributed by atoms with Gasteiger partial charge in [-0.05, 0) is 50.1 Å². The molecule has 0 atom stereocenters. The second-order valence-corrected chi connectivity index (χ2v) is 8.05. The number of nitrogens with one attached hydrogen (secondary N) is 1. The van der Waals surface area contributed by atoms with Crippen LogP contribution in [0, 0.1) is 6.92 Å². The van der Waals surface area contributed by atoms with E-state index in [-0.39, 0.29) is 11.9 Å². The zero-order valence-electron chi connectivity index (χ0n) is 17.4. The van der Waals surface area contributed by atoms with Gasteiger partial charge in [0, 0.05) is 56.3 Å². The summed E-state index contributed by atoms with van der Waals surface area (Å²) in [7, 11) is 0. The molecule has 2 aromatic carbocycles. The van der Waals surface area contributed by atoms with Crippen LogP contribution in [0.15, 0.2) is 42.5 Å². The highest BCUT2D eigenvalue weighted by atomic mass is 16.2. The van der Waals surface area contributed by atoms with Crippen molar-refractivity contribution in [3.63, 3.8) is 0 Å². The summed E-state index contributed by atoms with van der Waals surface area (Å²) >= 11 is 0. The number of amides is 3. The van der Waals surface area contributed by atoms with Crippen molar-refractivity contribution < 1.29 is 9.59 Å². The number of carbonyl (C=O) groups is 2. The maximum atomic E-state index is 13.0. The quantitative estimate of drug-likeness (QED) is 0.766. The van der Waals surface area contributed by atoms with Gasteiger partial charge < -0.3 is 25.8 Å². The molecule has 2 saturated heterocycles. The minimum Gasteiger partial charge on any atom is -0.399 e. The van der Waals surface area contributed by atoms with Crippen molar-refractivity contribution in [2.45, 2.75) is 19.8 Å². The fourth-order valence-corrected chi connectivity index (χ4v) is 4.08. The molecule has 2 fully saturated rings. The van der Waals surface area contributed by atoms with E-state index in [0.29, 0.717) is 37.4 Å². The molecule has 0 saturated carbocycles. The summed E-state index contributed by atoms with van der Waals surface area (Å²) in [5.74, 6) is 0.0503. The first kappa shape index (κ1) is 20.1. The molecule has 7 heteroatoms. The van der Waals surface area contributed by atoms with E-state index in [2.05, 4.69) is 10.2 Å². The van der Waals surface area contributed by atoms with Crippen LogP contribution in [0.1, 0.15) is 28.8 Å². The highest BCUT2D eigenvalue weighted by molar-refractivity contribution is 6.01. The number of rotatable bonds is 3. The van der Waals surface area contributed by atoms with Crippen molar-refractivity contribution >= 4 is 29.0 Å². The van der Waals surface area contributed by atoms with Gasteiger partial charge in [-0.3, -0.25) is 4.79 Å². The number of piperazine rings is 1. The Bertz CT molecular complexity index is 914. The average Bonchev–Trinajstić information content (AvgIpc) is 3.30. The minimum atomic E-state index is -0.0934. The average molecular weight is 408 g/mol. The molecule has 2 aromatic rings. The van der Waals surface area contributed by atoms with E-state index in [1.807, 2.05) is 53.1 Å². The van der Waals surface area contributed by atoms with Crippen LogP contribution in [0.4, 0.5) is 21.9 Å². The van der Waals surface area contributed by atoms with Crippen LogP contribution in [0.25, 0.3) is 0 Å². The van der Waals surface area contributed by atoms with Gasteiger partial charge in [-0.2, -0.15) is 0 Å². The number of hydrogen-bond acceptors (Lipinski definition) is 4. The first-order valence-corrected chi connectivity index (χ1v) is 10.6. The van der Waals surface area contributed by atoms with Crippen LogP contribution in [0.3, 0.4) is 0 Å². The van der Waals surface area contributed by atoms with Gasteiger partial charge in [0.05, 0.1) is 5.56 Å². The van der Waals surface area contributed by atoms with Crippen molar-refractivity contribution in [3.05, 3.63) is 53.6 Å². The number of nitrogens with two attached hydrogens (primary N) is 1. The Morgan fingerprint density at radius 1 is 0.867 bits per heavy atom. The molecule has 2 aliphatic heterocycles. The first-order valence-electron chi connectivity index (χ1n) is 10.6. The zero-order chi connectivity index (χ0) is 21.1. The predicted octanol–water partition coefficient (Wildman–Crippen LogP) is 3.17. The molecule has 7 nitrogen and oxygen atoms in total. The van der Waals surface area contributed by atoms with E-state index < -0.39 is 0 Å². The summed E-state index contributed by atoms with van der Waals surface area (Å²) in [4.78, 5) is 31.5. The van der Waals surface area contributed by atoms with Crippen LogP contribution >= 0.6 is 0 Å². The molecule has 0 unspecified atom stereocenters. The summed E-state index contributed by atoms with van der Waals surface area (Å²) in [6, 6.07) is 13.2. The number of nitrogens with zero attached hydrogens (tertiary/aromatic N) is 3. The minimum absolute atomic E-state index is 0.0503. The summed E-state index contributed by atoms with van der Waals surface area (Å²) in [6.07, 6.45) is 2.11. The number of nitrogen functional groups attached to an aromatic ring is 1. The van der Waals surface area contributed by atoms with Gasteiger partial charge in [0.15, 0.2) is 0 Å². The number of hydrogen-bond donors (Lipinski definition) is 2. The summed E-state index contributed by atoms with van der Waals surface area (Å²) in [6.45, 7) is 6.17. The molecule has 30 heavy (non-hydrogen) atoms. The molecule has 3 N–H and O–H groups in total. The van der Waals surface area contributed by atoms with E-state index in [0.717, 1.165) is 42.9 Å². The van der Waals surface area contributed by atoms with E-state index in [4.69, 9.17) is 5.73 Å². The molecule has 3 amide bonds. The molecule has 158 valence electrons. The molecule has 2 aliphatic rings. The topological polar surface area (TPSA) is 81.9 Å². The monoisotopic (exact) mass is 407 g/mol. The highest BCUT2D eigenvalue weighted by Crippen LogP contribution is 2.27. The van der Waals surface area contributed by atoms with Crippen LogP contribution in [0.2, 0.25) is 0 Å². The Morgan fingerprint density at radius 3 is 2.20 bits per heavy atom. The second-order valence-electron chi connectivity index (χ2n) is 8.05. The summed E-state index contributed by atoms with van der Waals surface area (Å²) in [5.41, 5.74) is 10.1. The van der Waals surface area contributed by atoms with Crippen molar-refractivity contribution in [2.24, 2.45) is 0 Å². The molecule has 0 bridgehead atoms. The molecule has 0 spiro atoms. The summed E-state index contributed by atoms with van der Waals surface area (Å²) < 4.78 is 0. The third kappa shape index (κ3) is 4.35. The van der Waals surface area contributed by atoms with Crippen LogP contribution in [-0.2, 0) is 0 Å².